The number of hydrazine groups is 1. The van der Waals surface area contributed by atoms with Gasteiger partial charge in [-0.15, -0.1) is 0 Å². The Morgan fingerprint density at radius 2 is 1.95 bits per heavy atom. The molecule has 4 nitrogen and oxygen atoms in total. The summed E-state index contributed by atoms with van der Waals surface area (Å²) >= 11 is 5.96. The largest absolute Gasteiger partial charge is 0.464 e. The van der Waals surface area contributed by atoms with Crippen molar-refractivity contribution in [2.75, 3.05) is 0 Å². The molecule has 3 aromatic rings. The second-order valence-corrected chi connectivity index (χ2v) is 4.82. The highest BCUT2D eigenvalue weighted by molar-refractivity contribution is 6.31. The van der Waals surface area contributed by atoms with Crippen LogP contribution in [0.2, 0.25) is 5.02 Å². The summed E-state index contributed by atoms with van der Waals surface area (Å²) in [4.78, 5) is 0. The lowest BCUT2D eigenvalue weighted by Crippen LogP contribution is -2.28. The molecule has 0 bridgehead atoms. The van der Waals surface area contributed by atoms with E-state index in [1.807, 2.05) is 37.3 Å². The molecule has 0 aliphatic carbocycles. The van der Waals surface area contributed by atoms with Gasteiger partial charge in [-0.1, -0.05) is 11.6 Å². The maximum atomic E-state index is 5.96. The average Bonchev–Trinajstić information content (AvgIpc) is 2.96. The number of fused-ring (bicyclic) bond motifs is 1. The highest BCUT2D eigenvalue weighted by atomic mass is 35.5. The van der Waals surface area contributed by atoms with Gasteiger partial charge in [-0.25, -0.2) is 5.43 Å². The molecule has 1 unspecified atom stereocenters. The van der Waals surface area contributed by atoms with Crippen molar-refractivity contribution in [3.63, 3.8) is 0 Å². The van der Waals surface area contributed by atoms with Crippen molar-refractivity contribution >= 4 is 22.6 Å². The van der Waals surface area contributed by atoms with Crippen LogP contribution in [-0.2, 0) is 0 Å². The van der Waals surface area contributed by atoms with Gasteiger partial charge in [-0.2, -0.15) is 0 Å². The number of hydrogen-bond acceptors (Lipinski definition) is 4. The van der Waals surface area contributed by atoms with Gasteiger partial charge in [0, 0.05) is 10.4 Å². The van der Waals surface area contributed by atoms with E-state index >= 15 is 0 Å². The average molecular weight is 277 g/mol. The van der Waals surface area contributed by atoms with Gasteiger partial charge in [0.2, 0.25) is 0 Å². The van der Waals surface area contributed by atoms with E-state index in [4.69, 9.17) is 26.3 Å². The molecule has 0 radical (unpaired) electrons. The molecule has 0 spiro atoms. The third kappa shape index (κ3) is 2.26. The summed E-state index contributed by atoms with van der Waals surface area (Å²) in [7, 11) is 0. The van der Waals surface area contributed by atoms with Crippen molar-refractivity contribution < 1.29 is 8.83 Å². The Hall–Kier alpha value is -1.75. The van der Waals surface area contributed by atoms with Crippen molar-refractivity contribution in [3.05, 3.63) is 58.7 Å². The summed E-state index contributed by atoms with van der Waals surface area (Å²) < 4.78 is 11.4. The third-order valence-electron chi connectivity index (χ3n) is 2.99. The molecule has 1 aromatic carbocycles. The Labute approximate surface area is 115 Å². The van der Waals surface area contributed by atoms with Crippen LogP contribution in [0.5, 0.6) is 0 Å². The van der Waals surface area contributed by atoms with Crippen LogP contribution in [0.15, 0.2) is 45.2 Å². The fourth-order valence-electron chi connectivity index (χ4n) is 2.09. The molecule has 1 atom stereocenters. The van der Waals surface area contributed by atoms with Gasteiger partial charge in [0.15, 0.2) is 0 Å². The maximum absolute atomic E-state index is 5.96. The zero-order valence-corrected chi connectivity index (χ0v) is 11.1. The minimum Gasteiger partial charge on any atom is -0.464 e. The van der Waals surface area contributed by atoms with Gasteiger partial charge in [0.1, 0.15) is 28.9 Å². The van der Waals surface area contributed by atoms with Gasteiger partial charge in [-0.3, -0.25) is 5.84 Å². The Morgan fingerprint density at radius 1 is 1.11 bits per heavy atom. The summed E-state index contributed by atoms with van der Waals surface area (Å²) in [5, 5.41) is 1.61. The van der Waals surface area contributed by atoms with E-state index in [0.29, 0.717) is 16.5 Å². The molecule has 3 N–H and O–H groups in total. The van der Waals surface area contributed by atoms with Crippen LogP contribution in [-0.4, -0.2) is 0 Å². The van der Waals surface area contributed by atoms with Crippen LogP contribution < -0.4 is 11.3 Å². The first kappa shape index (κ1) is 12.3. The normalized spacial score (nSPS) is 13.0. The van der Waals surface area contributed by atoms with E-state index < -0.39 is 0 Å². The molecular weight excluding hydrogens is 264 g/mol. The molecule has 3 rings (SSSR count). The summed E-state index contributed by atoms with van der Waals surface area (Å²) in [6.07, 6.45) is 0. The molecule has 0 amide bonds. The SMILES string of the molecule is Cc1ccc(C(NN)c2cc3cc(Cl)ccc3o2)o1. The quantitative estimate of drug-likeness (QED) is 0.567. The molecular formula is C14H13ClN2O2. The van der Waals surface area contributed by atoms with E-state index in [9.17, 15) is 0 Å². The first-order valence-electron chi connectivity index (χ1n) is 5.89. The summed E-state index contributed by atoms with van der Waals surface area (Å²) in [5.41, 5.74) is 3.47. The summed E-state index contributed by atoms with van der Waals surface area (Å²) in [6, 6.07) is 10.8. The Morgan fingerprint density at radius 3 is 2.63 bits per heavy atom. The van der Waals surface area contributed by atoms with Gasteiger partial charge in [0.25, 0.3) is 0 Å². The number of halogens is 1. The molecule has 98 valence electrons. The van der Waals surface area contributed by atoms with Crippen LogP contribution in [0.3, 0.4) is 0 Å². The zero-order chi connectivity index (χ0) is 13.4. The van der Waals surface area contributed by atoms with Crippen LogP contribution in [0.4, 0.5) is 0 Å². The van der Waals surface area contributed by atoms with Gasteiger partial charge < -0.3 is 8.83 Å². The fourth-order valence-corrected chi connectivity index (χ4v) is 2.27. The first-order valence-corrected chi connectivity index (χ1v) is 6.26. The molecule has 0 aliphatic rings. The lowest BCUT2D eigenvalue weighted by atomic mass is 10.1. The minimum absolute atomic E-state index is 0.320. The number of nitrogens with two attached hydrogens (primary N) is 1. The first-order chi connectivity index (χ1) is 9.17. The van der Waals surface area contributed by atoms with Crippen molar-refractivity contribution in [3.8, 4) is 0 Å². The van der Waals surface area contributed by atoms with Crippen LogP contribution in [0, 0.1) is 6.92 Å². The van der Waals surface area contributed by atoms with Crippen molar-refractivity contribution in [2.45, 2.75) is 13.0 Å². The highest BCUT2D eigenvalue weighted by Crippen LogP contribution is 2.30. The monoisotopic (exact) mass is 276 g/mol. The number of benzene rings is 1. The molecule has 0 aliphatic heterocycles. The predicted octanol–water partition coefficient (Wildman–Crippen LogP) is 3.54. The Balaban J connectivity index is 2.06. The topological polar surface area (TPSA) is 64.3 Å². The molecule has 0 fully saturated rings. The van der Waals surface area contributed by atoms with Crippen molar-refractivity contribution in [1.29, 1.82) is 0 Å². The molecule has 0 saturated carbocycles. The fraction of sp³-hybridized carbons (Fsp3) is 0.143. The summed E-state index contributed by atoms with van der Waals surface area (Å²) in [5.74, 6) is 7.83. The lowest BCUT2D eigenvalue weighted by Gasteiger charge is -2.09. The van der Waals surface area contributed by atoms with Crippen LogP contribution in [0.1, 0.15) is 23.3 Å². The predicted molar refractivity (Wildman–Crippen MR) is 73.8 cm³/mol. The number of aryl methyl sites for hydroxylation is 1. The minimum atomic E-state index is -0.320. The van der Waals surface area contributed by atoms with Gasteiger partial charge >= 0.3 is 0 Å². The van der Waals surface area contributed by atoms with Crippen molar-refractivity contribution in [2.24, 2.45) is 5.84 Å². The number of furan rings is 2. The Bertz CT molecular complexity index is 717. The smallest absolute Gasteiger partial charge is 0.137 e. The van der Waals surface area contributed by atoms with Crippen molar-refractivity contribution in [1.82, 2.24) is 5.43 Å². The van der Waals surface area contributed by atoms with E-state index in [-0.39, 0.29) is 6.04 Å². The highest BCUT2D eigenvalue weighted by Gasteiger charge is 2.20. The van der Waals surface area contributed by atoms with E-state index in [0.717, 1.165) is 16.7 Å². The second-order valence-electron chi connectivity index (χ2n) is 4.38. The standard InChI is InChI=1S/C14H13ClN2O2/c1-8-2-4-12(18-8)14(17-16)13-7-9-6-10(15)3-5-11(9)19-13/h2-7,14,17H,16H2,1H3. The number of nitrogens with one attached hydrogen (secondary N) is 1. The maximum Gasteiger partial charge on any atom is 0.137 e. The molecule has 5 heteroatoms. The van der Waals surface area contributed by atoms with Crippen LogP contribution in [0.25, 0.3) is 11.0 Å². The Kier molecular flexibility index (Phi) is 3.06. The van der Waals surface area contributed by atoms with Gasteiger partial charge in [0.05, 0.1) is 0 Å². The van der Waals surface area contributed by atoms with Crippen LogP contribution >= 0.6 is 11.6 Å². The molecule has 2 aromatic heterocycles. The lowest BCUT2D eigenvalue weighted by molar-refractivity contribution is 0.394. The molecule has 2 heterocycles. The second kappa shape index (κ2) is 4.74. The van der Waals surface area contributed by atoms with E-state index in [1.54, 1.807) is 6.07 Å². The van der Waals surface area contributed by atoms with Gasteiger partial charge in [-0.05, 0) is 43.3 Å². The number of rotatable bonds is 3. The third-order valence-corrected chi connectivity index (χ3v) is 3.23. The van der Waals surface area contributed by atoms with E-state index in [1.165, 1.54) is 0 Å². The summed E-state index contributed by atoms with van der Waals surface area (Å²) in [6.45, 7) is 1.88. The zero-order valence-electron chi connectivity index (χ0n) is 10.3. The molecule has 0 saturated heterocycles. The molecule has 19 heavy (non-hydrogen) atoms. The number of hydrogen-bond donors (Lipinski definition) is 2. The van der Waals surface area contributed by atoms with E-state index in [2.05, 4.69) is 5.43 Å².